The van der Waals surface area contributed by atoms with E-state index < -0.39 is 0 Å². The second-order valence-corrected chi connectivity index (χ2v) is 5.50. The molecule has 0 aliphatic carbocycles. The van der Waals surface area contributed by atoms with Gasteiger partial charge in [-0.05, 0) is 50.5 Å². The van der Waals surface area contributed by atoms with E-state index in [4.69, 9.17) is 0 Å². The predicted octanol–water partition coefficient (Wildman–Crippen LogP) is 3.84. The molecule has 0 saturated carbocycles. The molecule has 3 nitrogen and oxygen atoms in total. The van der Waals surface area contributed by atoms with Crippen molar-refractivity contribution < 1.29 is 10.2 Å². The van der Waals surface area contributed by atoms with Crippen LogP contribution in [0.5, 0.6) is 5.75 Å². The number of phenolic OH excluding ortho intramolecular Hbond substituents is 1. The summed E-state index contributed by atoms with van der Waals surface area (Å²) in [6.45, 7) is 7.16. The third kappa shape index (κ3) is 3.56. The highest BCUT2D eigenvalue weighted by Crippen LogP contribution is 2.33. The van der Waals surface area contributed by atoms with Gasteiger partial charge in [0, 0.05) is 30.6 Å². The Hall–Kier alpha value is -2.00. The summed E-state index contributed by atoms with van der Waals surface area (Å²) in [6.07, 6.45) is 0.683. The van der Waals surface area contributed by atoms with Gasteiger partial charge >= 0.3 is 0 Å². The summed E-state index contributed by atoms with van der Waals surface area (Å²) in [5, 5.41) is 18.9. The standard InChI is InChI=1S/C18H23NO2/c1-13-10-14(2)18(15(3)11-13)19(8-5-9-20)16-6-4-7-17(21)12-16/h4,6-7,10-12,20-21H,5,8-9H2,1-3H3. The van der Waals surface area contributed by atoms with E-state index in [-0.39, 0.29) is 12.4 Å². The number of rotatable bonds is 5. The number of anilines is 2. The number of aliphatic hydroxyl groups excluding tert-OH is 1. The Balaban J connectivity index is 2.50. The van der Waals surface area contributed by atoms with Crippen LogP contribution in [0.3, 0.4) is 0 Å². The zero-order valence-electron chi connectivity index (χ0n) is 12.9. The summed E-state index contributed by atoms with van der Waals surface area (Å²) in [7, 11) is 0. The van der Waals surface area contributed by atoms with Gasteiger partial charge in [0.1, 0.15) is 5.75 Å². The van der Waals surface area contributed by atoms with Gasteiger partial charge < -0.3 is 15.1 Å². The molecule has 0 saturated heterocycles. The molecule has 2 N–H and O–H groups in total. The van der Waals surface area contributed by atoms with Crippen molar-refractivity contribution in [3.05, 3.63) is 53.1 Å². The Bertz CT molecular complexity index is 599. The Morgan fingerprint density at radius 2 is 1.67 bits per heavy atom. The first kappa shape index (κ1) is 15.4. The first-order valence-electron chi connectivity index (χ1n) is 7.28. The molecule has 21 heavy (non-hydrogen) atoms. The molecule has 2 aromatic carbocycles. The second kappa shape index (κ2) is 6.64. The quantitative estimate of drug-likeness (QED) is 0.877. The van der Waals surface area contributed by atoms with Gasteiger partial charge in [0.25, 0.3) is 0 Å². The van der Waals surface area contributed by atoms with Gasteiger partial charge in [0.05, 0.1) is 0 Å². The molecule has 112 valence electrons. The van der Waals surface area contributed by atoms with Crippen molar-refractivity contribution in [3.63, 3.8) is 0 Å². The minimum absolute atomic E-state index is 0.152. The second-order valence-electron chi connectivity index (χ2n) is 5.50. The molecule has 0 aliphatic heterocycles. The number of hydrogen-bond acceptors (Lipinski definition) is 3. The van der Waals surface area contributed by atoms with Gasteiger partial charge in [-0.15, -0.1) is 0 Å². The third-order valence-corrected chi connectivity index (χ3v) is 3.59. The molecular weight excluding hydrogens is 262 g/mol. The fraction of sp³-hybridized carbons (Fsp3) is 0.333. The lowest BCUT2D eigenvalue weighted by molar-refractivity contribution is 0.291. The van der Waals surface area contributed by atoms with E-state index in [2.05, 4.69) is 37.8 Å². The summed E-state index contributed by atoms with van der Waals surface area (Å²) >= 11 is 0. The molecule has 0 unspecified atom stereocenters. The molecule has 0 fully saturated rings. The lowest BCUT2D eigenvalue weighted by Gasteiger charge is -2.28. The largest absolute Gasteiger partial charge is 0.508 e. The minimum Gasteiger partial charge on any atom is -0.508 e. The van der Waals surface area contributed by atoms with E-state index in [1.54, 1.807) is 12.1 Å². The molecule has 0 heterocycles. The summed E-state index contributed by atoms with van der Waals surface area (Å²) in [5.41, 5.74) is 5.74. The van der Waals surface area contributed by atoms with Crippen molar-refractivity contribution in [3.8, 4) is 5.75 Å². The van der Waals surface area contributed by atoms with Crippen LogP contribution in [0.25, 0.3) is 0 Å². The van der Waals surface area contributed by atoms with Gasteiger partial charge in [-0.2, -0.15) is 0 Å². The van der Waals surface area contributed by atoms with E-state index in [0.29, 0.717) is 13.0 Å². The van der Waals surface area contributed by atoms with Crippen molar-refractivity contribution in [2.24, 2.45) is 0 Å². The molecule has 2 aromatic rings. The number of hydrogen-bond donors (Lipinski definition) is 2. The van der Waals surface area contributed by atoms with Gasteiger partial charge in [-0.3, -0.25) is 0 Å². The van der Waals surface area contributed by atoms with E-state index >= 15 is 0 Å². The highest BCUT2D eigenvalue weighted by Gasteiger charge is 2.15. The van der Waals surface area contributed by atoms with Crippen LogP contribution in [-0.4, -0.2) is 23.4 Å². The molecular formula is C18H23NO2. The van der Waals surface area contributed by atoms with E-state index in [1.807, 2.05) is 12.1 Å². The Kier molecular flexibility index (Phi) is 4.86. The third-order valence-electron chi connectivity index (χ3n) is 3.59. The maximum atomic E-state index is 9.74. The molecule has 0 spiro atoms. The van der Waals surface area contributed by atoms with Crippen molar-refractivity contribution >= 4 is 11.4 Å². The number of benzene rings is 2. The van der Waals surface area contributed by atoms with Crippen LogP contribution in [0.4, 0.5) is 11.4 Å². The Morgan fingerprint density at radius 3 is 2.24 bits per heavy atom. The molecule has 2 rings (SSSR count). The molecule has 0 bridgehead atoms. The monoisotopic (exact) mass is 285 g/mol. The maximum absolute atomic E-state index is 9.74. The summed E-state index contributed by atoms with van der Waals surface area (Å²) in [5.74, 6) is 0.254. The van der Waals surface area contributed by atoms with Gasteiger partial charge in [-0.1, -0.05) is 23.8 Å². The summed E-state index contributed by atoms with van der Waals surface area (Å²) in [6, 6.07) is 11.6. The van der Waals surface area contributed by atoms with Crippen molar-refractivity contribution in [1.82, 2.24) is 0 Å². The molecule has 0 amide bonds. The van der Waals surface area contributed by atoms with Crippen LogP contribution >= 0.6 is 0 Å². The van der Waals surface area contributed by atoms with Crippen molar-refractivity contribution in [2.75, 3.05) is 18.1 Å². The summed E-state index contributed by atoms with van der Waals surface area (Å²) in [4.78, 5) is 2.17. The number of aliphatic hydroxyl groups is 1. The number of nitrogens with zero attached hydrogens (tertiary/aromatic N) is 1. The molecule has 0 atom stereocenters. The lowest BCUT2D eigenvalue weighted by atomic mass is 10.0. The van der Waals surface area contributed by atoms with E-state index in [9.17, 15) is 10.2 Å². The van der Waals surface area contributed by atoms with Gasteiger partial charge in [-0.25, -0.2) is 0 Å². The Morgan fingerprint density at radius 1 is 1.00 bits per heavy atom. The first-order valence-corrected chi connectivity index (χ1v) is 7.28. The first-order chi connectivity index (χ1) is 10.0. The smallest absolute Gasteiger partial charge is 0.117 e. The van der Waals surface area contributed by atoms with E-state index in [1.165, 1.54) is 16.7 Å². The fourth-order valence-electron chi connectivity index (χ4n) is 2.86. The number of aryl methyl sites for hydroxylation is 3. The van der Waals surface area contributed by atoms with Crippen LogP contribution in [0, 0.1) is 20.8 Å². The highest BCUT2D eigenvalue weighted by atomic mass is 16.3. The zero-order chi connectivity index (χ0) is 15.4. The zero-order valence-corrected chi connectivity index (χ0v) is 12.9. The molecule has 0 aliphatic rings. The lowest BCUT2D eigenvalue weighted by Crippen LogP contribution is -2.21. The van der Waals surface area contributed by atoms with Crippen LogP contribution < -0.4 is 4.90 Å². The van der Waals surface area contributed by atoms with Gasteiger partial charge in [0.15, 0.2) is 0 Å². The minimum atomic E-state index is 0.152. The molecule has 0 aromatic heterocycles. The highest BCUT2D eigenvalue weighted by molar-refractivity contribution is 5.70. The fourth-order valence-corrected chi connectivity index (χ4v) is 2.86. The van der Waals surface area contributed by atoms with Crippen LogP contribution in [-0.2, 0) is 0 Å². The average molecular weight is 285 g/mol. The van der Waals surface area contributed by atoms with Crippen LogP contribution in [0.15, 0.2) is 36.4 Å². The van der Waals surface area contributed by atoms with Crippen molar-refractivity contribution in [2.45, 2.75) is 27.2 Å². The van der Waals surface area contributed by atoms with E-state index in [0.717, 1.165) is 11.4 Å². The topological polar surface area (TPSA) is 43.7 Å². The SMILES string of the molecule is Cc1cc(C)c(N(CCCO)c2cccc(O)c2)c(C)c1. The van der Waals surface area contributed by atoms with Crippen molar-refractivity contribution in [1.29, 1.82) is 0 Å². The summed E-state index contributed by atoms with van der Waals surface area (Å²) < 4.78 is 0. The van der Waals surface area contributed by atoms with Gasteiger partial charge in [0.2, 0.25) is 0 Å². The van der Waals surface area contributed by atoms with Crippen LogP contribution in [0.2, 0.25) is 0 Å². The number of phenols is 1. The van der Waals surface area contributed by atoms with Crippen LogP contribution in [0.1, 0.15) is 23.1 Å². The maximum Gasteiger partial charge on any atom is 0.117 e. The number of aromatic hydroxyl groups is 1. The average Bonchev–Trinajstić information content (AvgIpc) is 2.41. The normalized spacial score (nSPS) is 10.7. The Labute approximate surface area is 126 Å². The predicted molar refractivity (Wildman–Crippen MR) is 87.5 cm³/mol. The molecule has 0 radical (unpaired) electrons. The molecule has 3 heteroatoms.